The van der Waals surface area contributed by atoms with Gasteiger partial charge < -0.3 is 4.74 Å². The molecule has 0 aliphatic heterocycles. The van der Waals surface area contributed by atoms with Crippen LogP contribution in [-0.4, -0.2) is 23.6 Å². The Morgan fingerprint density at radius 1 is 1.26 bits per heavy atom. The second-order valence-corrected chi connectivity index (χ2v) is 5.19. The van der Waals surface area contributed by atoms with E-state index >= 15 is 0 Å². The number of pyridine rings is 1. The summed E-state index contributed by atoms with van der Waals surface area (Å²) in [6.45, 7) is 0. The fraction of sp³-hybridized carbons (Fsp3) is 0.143. The molecule has 0 unspecified atom stereocenters. The van der Waals surface area contributed by atoms with Crippen molar-refractivity contribution >= 4 is 29.1 Å². The molecular weight excluding hydrogens is 282 g/mol. The molecule has 0 saturated heterocycles. The van der Waals surface area contributed by atoms with Gasteiger partial charge in [-0.2, -0.15) is 0 Å². The number of rotatable bonds is 5. The summed E-state index contributed by atoms with van der Waals surface area (Å²) in [6, 6.07) is 10.6. The third-order valence-electron chi connectivity index (χ3n) is 2.46. The monoisotopic (exact) mass is 293 g/mol. The van der Waals surface area contributed by atoms with Crippen molar-refractivity contribution in [3.8, 4) is 5.75 Å². The van der Waals surface area contributed by atoms with Crippen LogP contribution in [0.3, 0.4) is 0 Å². The molecule has 1 aromatic heterocycles. The zero-order chi connectivity index (χ0) is 13.7. The Bertz CT molecular complexity index is 555. The lowest BCUT2D eigenvalue weighted by Gasteiger charge is -2.03. The van der Waals surface area contributed by atoms with Crippen molar-refractivity contribution in [1.29, 1.82) is 0 Å². The molecule has 2 rings (SSSR count). The molecule has 0 aliphatic rings. The van der Waals surface area contributed by atoms with Gasteiger partial charge in [0, 0.05) is 11.8 Å². The van der Waals surface area contributed by atoms with Crippen LogP contribution in [0.5, 0.6) is 5.75 Å². The molecule has 0 atom stereocenters. The molecule has 1 heterocycles. The number of ketones is 1. The zero-order valence-corrected chi connectivity index (χ0v) is 11.9. The van der Waals surface area contributed by atoms with Crippen molar-refractivity contribution in [3.05, 3.63) is 53.2 Å². The molecule has 1 aromatic carbocycles. The number of carbonyl (C=O) groups excluding carboxylic acids is 1. The van der Waals surface area contributed by atoms with Gasteiger partial charge in [0.2, 0.25) is 0 Å². The van der Waals surface area contributed by atoms with Crippen molar-refractivity contribution < 1.29 is 9.53 Å². The maximum atomic E-state index is 12.0. The summed E-state index contributed by atoms with van der Waals surface area (Å²) >= 11 is 7.14. The largest absolute Gasteiger partial charge is 0.497 e. The van der Waals surface area contributed by atoms with Crippen LogP contribution in [0.1, 0.15) is 10.4 Å². The lowest BCUT2D eigenvalue weighted by molar-refractivity contribution is 0.102. The molecule has 0 saturated carbocycles. The summed E-state index contributed by atoms with van der Waals surface area (Å²) < 4.78 is 5.05. The molecule has 0 fully saturated rings. The molecule has 3 nitrogen and oxygen atoms in total. The van der Waals surface area contributed by atoms with Gasteiger partial charge in [-0.3, -0.25) is 4.79 Å². The highest BCUT2D eigenvalue weighted by Crippen LogP contribution is 2.19. The van der Waals surface area contributed by atoms with Gasteiger partial charge in [-0.15, -0.1) is 0 Å². The van der Waals surface area contributed by atoms with Gasteiger partial charge in [-0.1, -0.05) is 23.4 Å². The number of carbonyl (C=O) groups is 1. The van der Waals surface area contributed by atoms with E-state index in [1.807, 2.05) is 0 Å². The first kappa shape index (κ1) is 13.9. The number of halogens is 1. The molecule has 98 valence electrons. The van der Waals surface area contributed by atoms with Crippen LogP contribution in [0.4, 0.5) is 0 Å². The van der Waals surface area contributed by atoms with E-state index in [0.29, 0.717) is 16.3 Å². The predicted molar refractivity (Wildman–Crippen MR) is 77.3 cm³/mol. The number of Topliss-reactive ketones (excluding diaryl/α,β-unsaturated/α-hetero) is 1. The summed E-state index contributed by atoms with van der Waals surface area (Å²) in [5, 5.41) is 1.37. The summed E-state index contributed by atoms with van der Waals surface area (Å²) in [6.07, 6.45) is 1.57. The molecule has 0 aliphatic carbocycles. The third-order valence-corrected chi connectivity index (χ3v) is 3.63. The summed E-state index contributed by atoms with van der Waals surface area (Å²) in [5.41, 5.74) is 0.669. The summed E-state index contributed by atoms with van der Waals surface area (Å²) in [5.74, 6) is 1.15. The van der Waals surface area contributed by atoms with Gasteiger partial charge in [-0.05, 0) is 36.4 Å². The fourth-order valence-corrected chi connectivity index (χ4v) is 2.30. The van der Waals surface area contributed by atoms with Gasteiger partial charge in [0.25, 0.3) is 0 Å². The first-order valence-electron chi connectivity index (χ1n) is 5.60. The van der Waals surface area contributed by atoms with E-state index in [4.69, 9.17) is 16.3 Å². The van der Waals surface area contributed by atoms with Crippen LogP contribution in [-0.2, 0) is 0 Å². The highest BCUT2D eigenvalue weighted by molar-refractivity contribution is 7.99. The maximum Gasteiger partial charge on any atom is 0.173 e. The molecule has 0 amide bonds. The van der Waals surface area contributed by atoms with Crippen molar-refractivity contribution in [2.75, 3.05) is 12.9 Å². The average Bonchev–Trinajstić information content (AvgIpc) is 2.46. The Balaban J connectivity index is 1.95. The summed E-state index contributed by atoms with van der Waals surface area (Å²) in [4.78, 5) is 16.1. The second-order valence-electron chi connectivity index (χ2n) is 3.76. The third kappa shape index (κ3) is 3.98. The van der Waals surface area contributed by atoms with Crippen molar-refractivity contribution in [2.45, 2.75) is 5.03 Å². The van der Waals surface area contributed by atoms with E-state index in [9.17, 15) is 4.79 Å². The van der Waals surface area contributed by atoms with E-state index < -0.39 is 0 Å². The van der Waals surface area contributed by atoms with E-state index in [-0.39, 0.29) is 5.78 Å². The van der Waals surface area contributed by atoms with Crippen molar-refractivity contribution in [3.63, 3.8) is 0 Å². The van der Waals surface area contributed by atoms with Crippen LogP contribution in [0.2, 0.25) is 5.02 Å². The molecule has 0 N–H and O–H groups in total. The second kappa shape index (κ2) is 6.59. The summed E-state index contributed by atoms with van der Waals surface area (Å²) in [7, 11) is 1.60. The molecular formula is C14H12ClNO2S. The fourth-order valence-electron chi connectivity index (χ4n) is 1.45. The number of nitrogens with zero attached hydrogens (tertiary/aromatic N) is 1. The van der Waals surface area contributed by atoms with Crippen LogP contribution in [0.25, 0.3) is 0 Å². The molecule has 0 bridgehead atoms. The zero-order valence-electron chi connectivity index (χ0n) is 10.3. The average molecular weight is 294 g/mol. The minimum atomic E-state index is 0.0596. The van der Waals surface area contributed by atoms with Gasteiger partial charge in [0.05, 0.1) is 22.9 Å². The Kier molecular flexibility index (Phi) is 4.82. The number of aromatic nitrogens is 1. The van der Waals surface area contributed by atoms with Crippen LogP contribution < -0.4 is 4.74 Å². The molecule has 0 spiro atoms. The Hall–Kier alpha value is -1.52. The van der Waals surface area contributed by atoms with E-state index in [2.05, 4.69) is 4.98 Å². The van der Waals surface area contributed by atoms with E-state index in [1.165, 1.54) is 11.8 Å². The normalized spacial score (nSPS) is 10.2. The van der Waals surface area contributed by atoms with Crippen molar-refractivity contribution in [1.82, 2.24) is 4.98 Å². The lowest BCUT2D eigenvalue weighted by atomic mass is 10.1. The van der Waals surface area contributed by atoms with Crippen LogP contribution >= 0.6 is 23.4 Å². The lowest BCUT2D eigenvalue weighted by Crippen LogP contribution is -2.02. The Morgan fingerprint density at radius 3 is 2.58 bits per heavy atom. The molecule has 2 aromatic rings. The number of hydrogen-bond donors (Lipinski definition) is 0. The quantitative estimate of drug-likeness (QED) is 0.622. The molecule has 5 heteroatoms. The maximum absolute atomic E-state index is 12.0. The van der Waals surface area contributed by atoms with Gasteiger partial charge in [0.15, 0.2) is 5.78 Å². The Labute approximate surface area is 121 Å². The minimum absolute atomic E-state index is 0.0596. The van der Waals surface area contributed by atoms with Crippen LogP contribution in [0, 0.1) is 0 Å². The first-order chi connectivity index (χ1) is 9.19. The van der Waals surface area contributed by atoms with Crippen molar-refractivity contribution in [2.24, 2.45) is 0 Å². The smallest absolute Gasteiger partial charge is 0.173 e. The highest BCUT2D eigenvalue weighted by Gasteiger charge is 2.07. The number of ether oxygens (including phenoxy) is 1. The molecule has 19 heavy (non-hydrogen) atoms. The van der Waals surface area contributed by atoms with Crippen LogP contribution in [0.15, 0.2) is 47.6 Å². The first-order valence-corrected chi connectivity index (χ1v) is 6.97. The Morgan fingerprint density at radius 2 is 2.00 bits per heavy atom. The van der Waals surface area contributed by atoms with E-state index in [0.717, 1.165) is 10.8 Å². The number of hydrogen-bond acceptors (Lipinski definition) is 4. The minimum Gasteiger partial charge on any atom is -0.497 e. The number of benzene rings is 1. The topological polar surface area (TPSA) is 39.2 Å². The molecule has 0 radical (unpaired) electrons. The predicted octanol–water partition coefficient (Wildman–Crippen LogP) is 3.72. The SMILES string of the molecule is COc1ccc(C(=O)CSc2ccc(Cl)cn2)cc1. The van der Waals surface area contributed by atoms with Gasteiger partial charge in [-0.25, -0.2) is 4.98 Å². The number of methoxy groups -OCH3 is 1. The standard InChI is InChI=1S/C14H12ClNO2S/c1-18-12-5-2-10(3-6-12)13(17)9-19-14-7-4-11(15)8-16-14/h2-8H,9H2,1H3. The highest BCUT2D eigenvalue weighted by atomic mass is 35.5. The van der Waals surface area contributed by atoms with Gasteiger partial charge >= 0.3 is 0 Å². The number of thioether (sulfide) groups is 1. The van der Waals surface area contributed by atoms with E-state index in [1.54, 1.807) is 49.7 Å². The van der Waals surface area contributed by atoms with Gasteiger partial charge in [0.1, 0.15) is 5.75 Å².